The highest BCUT2D eigenvalue weighted by Crippen LogP contribution is 2.27. The van der Waals surface area contributed by atoms with E-state index in [-0.39, 0.29) is 30.5 Å². The largest absolute Gasteiger partial charge is 0.326 e. The molecule has 2 amide bonds. The molecular weight excluding hydrogens is 322 g/mol. The van der Waals surface area contributed by atoms with E-state index in [4.69, 9.17) is 0 Å². The zero-order valence-electron chi connectivity index (χ0n) is 13.6. The summed E-state index contributed by atoms with van der Waals surface area (Å²) in [5.41, 5.74) is 2.20. The minimum absolute atomic E-state index is 0.0377. The van der Waals surface area contributed by atoms with E-state index in [0.717, 1.165) is 11.3 Å². The average Bonchev–Trinajstić information content (AvgIpc) is 2.99. The minimum atomic E-state index is -0.492. The molecule has 0 radical (unpaired) electrons. The van der Waals surface area contributed by atoms with Gasteiger partial charge in [-0.15, -0.1) is 0 Å². The maximum absolute atomic E-state index is 12.5. The maximum Gasteiger partial charge on any atom is 0.269 e. The van der Waals surface area contributed by atoms with Crippen LogP contribution in [0.3, 0.4) is 0 Å². The first-order chi connectivity index (χ1) is 12.0. The first-order valence-electron chi connectivity index (χ1n) is 7.87. The number of para-hydroxylation sites is 1. The van der Waals surface area contributed by atoms with Crippen LogP contribution in [0.2, 0.25) is 0 Å². The molecule has 0 aromatic heterocycles. The van der Waals surface area contributed by atoms with E-state index in [9.17, 15) is 19.7 Å². The van der Waals surface area contributed by atoms with Crippen molar-refractivity contribution in [2.24, 2.45) is 5.92 Å². The summed E-state index contributed by atoms with van der Waals surface area (Å²) in [4.78, 5) is 36.4. The number of carbonyl (C=O) groups excluding carboxylic acids is 2. The lowest BCUT2D eigenvalue weighted by molar-refractivity contribution is -0.384. The van der Waals surface area contributed by atoms with Gasteiger partial charge in [0.2, 0.25) is 11.8 Å². The Morgan fingerprint density at radius 1 is 1.20 bits per heavy atom. The van der Waals surface area contributed by atoms with E-state index in [2.05, 4.69) is 5.32 Å². The monoisotopic (exact) mass is 339 g/mol. The molecule has 0 bridgehead atoms. The van der Waals surface area contributed by atoms with Gasteiger partial charge in [0.1, 0.15) is 0 Å². The van der Waals surface area contributed by atoms with Gasteiger partial charge in [-0.25, -0.2) is 0 Å². The third kappa shape index (κ3) is 3.50. The molecule has 0 saturated carbocycles. The molecule has 0 aliphatic carbocycles. The Morgan fingerprint density at radius 2 is 1.88 bits per heavy atom. The number of nitrogens with zero attached hydrogens (tertiary/aromatic N) is 2. The van der Waals surface area contributed by atoms with Gasteiger partial charge < -0.3 is 10.2 Å². The highest BCUT2D eigenvalue weighted by atomic mass is 16.6. The highest BCUT2D eigenvalue weighted by Gasteiger charge is 2.35. The van der Waals surface area contributed by atoms with E-state index in [1.54, 1.807) is 0 Å². The van der Waals surface area contributed by atoms with Crippen molar-refractivity contribution < 1.29 is 14.5 Å². The highest BCUT2D eigenvalue weighted by molar-refractivity contribution is 6.03. The summed E-state index contributed by atoms with van der Waals surface area (Å²) in [5, 5.41) is 13.6. The van der Waals surface area contributed by atoms with Gasteiger partial charge in [-0.05, 0) is 30.7 Å². The molecule has 128 valence electrons. The van der Waals surface area contributed by atoms with Crippen molar-refractivity contribution >= 4 is 28.9 Å². The van der Waals surface area contributed by atoms with Crippen LogP contribution >= 0.6 is 0 Å². The molecule has 1 heterocycles. The van der Waals surface area contributed by atoms with Crippen LogP contribution in [0, 0.1) is 23.0 Å². The Kier molecular flexibility index (Phi) is 4.47. The third-order valence-electron chi connectivity index (χ3n) is 4.27. The van der Waals surface area contributed by atoms with Crippen molar-refractivity contribution in [2.45, 2.75) is 13.3 Å². The average molecular weight is 339 g/mol. The summed E-state index contributed by atoms with van der Waals surface area (Å²) in [6, 6.07) is 13.2. The standard InChI is InChI=1S/C18H17N3O4/c1-12-4-2-3-5-16(12)19-18(23)13-10-17(22)20(11-13)14-6-8-15(9-7-14)21(24)25/h2-9,13H,10-11H2,1H3,(H,19,23)/t13-/m1/s1. The van der Waals surface area contributed by atoms with Crippen molar-refractivity contribution in [3.8, 4) is 0 Å². The number of amides is 2. The van der Waals surface area contributed by atoms with E-state index in [1.165, 1.54) is 29.2 Å². The molecule has 1 saturated heterocycles. The van der Waals surface area contributed by atoms with Crippen LogP contribution in [0.15, 0.2) is 48.5 Å². The molecule has 1 N–H and O–H groups in total. The van der Waals surface area contributed by atoms with Crippen LogP contribution in [0.5, 0.6) is 0 Å². The van der Waals surface area contributed by atoms with Crippen molar-refractivity contribution in [3.05, 3.63) is 64.2 Å². The number of nitrogens with one attached hydrogen (secondary N) is 1. The molecule has 7 heteroatoms. The van der Waals surface area contributed by atoms with Crippen LogP contribution in [0.4, 0.5) is 17.1 Å². The predicted molar refractivity (Wildman–Crippen MR) is 93.4 cm³/mol. The van der Waals surface area contributed by atoms with E-state index < -0.39 is 10.8 Å². The molecule has 1 aliphatic rings. The second-order valence-electron chi connectivity index (χ2n) is 5.98. The molecule has 2 aromatic carbocycles. The number of nitro groups is 1. The molecule has 25 heavy (non-hydrogen) atoms. The molecule has 1 atom stereocenters. The van der Waals surface area contributed by atoms with Crippen molar-refractivity contribution in [1.82, 2.24) is 0 Å². The first-order valence-corrected chi connectivity index (χ1v) is 7.87. The topological polar surface area (TPSA) is 92.6 Å². The molecule has 7 nitrogen and oxygen atoms in total. The van der Waals surface area contributed by atoms with E-state index >= 15 is 0 Å². The van der Waals surface area contributed by atoms with Gasteiger partial charge >= 0.3 is 0 Å². The summed E-state index contributed by atoms with van der Waals surface area (Å²) >= 11 is 0. The molecule has 2 aromatic rings. The minimum Gasteiger partial charge on any atom is -0.326 e. The van der Waals surface area contributed by atoms with Gasteiger partial charge in [-0.3, -0.25) is 19.7 Å². The number of hydrogen-bond donors (Lipinski definition) is 1. The Bertz CT molecular complexity index is 832. The Balaban J connectivity index is 1.70. The van der Waals surface area contributed by atoms with Crippen LogP contribution in [0.25, 0.3) is 0 Å². The molecule has 0 unspecified atom stereocenters. The molecule has 3 rings (SSSR count). The van der Waals surface area contributed by atoms with Crippen LogP contribution in [-0.2, 0) is 9.59 Å². The Labute approximate surface area is 144 Å². The van der Waals surface area contributed by atoms with E-state index in [0.29, 0.717) is 5.69 Å². The number of carbonyl (C=O) groups is 2. The number of non-ortho nitro benzene ring substituents is 1. The van der Waals surface area contributed by atoms with Crippen molar-refractivity contribution in [1.29, 1.82) is 0 Å². The predicted octanol–water partition coefficient (Wildman–Crippen LogP) is 2.89. The number of hydrogen-bond acceptors (Lipinski definition) is 4. The quantitative estimate of drug-likeness (QED) is 0.685. The van der Waals surface area contributed by atoms with Crippen LogP contribution in [0.1, 0.15) is 12.0 Å². The molecule has 0 spiro atoms. The fourth-order valence-electron chi connectivity index (χ4n) is 2.83. The summed E-state index contributed by atoms with van der Waals surface area (Å²) in [7, 11) is 0. The smallest absolute Gasteiger partial charge is 0.269 e. The maximum atomic E-state index is 12.5. The number of benzene rings is 2. The number of nitro benzene ring substituents is 1. The molecule has 1 aliphatic heterocycles. The fourth-order valence-corrected chi connectivity index (χ4v) is 2.83. The Morgan fingerprint density at radius 3 is 2.52 bits per heavy atom. The second-order valence-corrected chi connectivity index (χ2v) is 5.98. The van der Waals surface area contributed by atoms with Crippen molar-refractivity contribution in [2.75, 3.05) is 16.8 Å². The summed E-state index contributed by atoms with van der Waals surface area (Å²) < 4.78 is 0. The van der Waals surface area contributed by atoms with Gasteiger partial charge in [0, 0.05) is 36.5 Å². The third-order valence-corrected chi connectivity index (χ3v) is 4.27. The summed E-state index contributed by atoms with van der Waals surface area (Å²) in [5.74, 6) is -0.826. The van der Waals surface area contributed by atoms with Crippen molar-refractivity contribution in [3.63, 3.8) is 0 Å². The summed E-state index contributed by atoms with van der Waals surface area (Å²) in [6.45, 7) is 2.16. The lowest BCUT2D eigenvalue weighted by Gasteiger charge is -2.16. The van der Waals surface area contributed by atoms with Gasteiger partial charge in [-0.2, -0.15) is 0 Å². The van der Waals surface area contributed by atoms with Gasteiger partial charge in [0.15, 0.2) is 0 Å². The zero-order chi connectivity index (χ0) is 18.0. The van der Waals surface area contributed by atoms with Gasteiger partial charge in [0.05, 0.1) is 10.8 Å². The summed E-state index contributed by atoms with van der Waals surface area (Å²) in [6.07, 6.45) is 0.120. The second kappa shape index (κ2) is 6.72. The lowest BCUT2D eigenvalue weighted by Crippen LogP contribution is -2.28. The lowest BCUT2D eigenvalue weighted by atomic mass is 10.1. The normalized spacial score (nSPS) is 16.8. The number of aryl methyl sites for hydroxylation is 1. The van der Waals surface area contributed by atoms with Gasteiger partial charge in [0.25, 0.3) is 5.69 Å². The van der Waals surface area contributed by atoms with Crippen LogP contribution in [-0.4, -0.2) is 23.3 Å². The molecular formula is C18H17N3O4. The fraction of sp³-hybridized carbons (Fsp3) is 0.222. The number of anilines is 2. The molecule has 1 fully saturated rings. The van der Waals surface area contributed by atoms with Crippen LogP contribution < -0.4 is 10.2 Å². The number of rotatable bonds is 4. The van der Waals surface area contributed by atoms with E-state index in [1.807, 2.05) is 31.2 Å². The first kappa shape index (κ1) is 16.6. The van der Waals surface area contributed by atoms with Gasteiger partial charge in [-0.1, -0.05) is 18.2 Å². The Hall–Kier alpha value is -3.22. The SMILES string of the molecule is Cc1ccccc1NC(=O)[C@@H]1CC(=O)N(c2ccc([N+](=O)[O-])cc2)C1. The zero-order valence-corrected chi connectivity index (χ0v) is 13.6.